The molecule has 1 aliphatic heterocycles. The molecule has 1 rings (SSSR count). The van der Waals surface area contributed by atoms with Crippen LogP contribution in [0.5, 0.6) is 0 Å². The van der Waals surface area contributed by atoms with Gasteiger partial charge in [-0.15, -0.1) is 0 Å². The largest absolute Gasteiger partial charge is 0.411 e. The van der Waals surface area contributed by atoms with Crippen molar-refractivity contribution in [1.29, 1.82) is 0 Å². The number of likely N-dealkylation sites (N-methyl/N-ethyl adjacent to an activating group) is 1. The number of nitrogens with one attached hydrogen (secondary N) is 1. The standard InChI is InChI=1S/C10H17F3N2O2/c1-15(5-8-3-2-4-14-8)9(16)6-17-7-10(11,12)13/h8,14H,2-7H2,1H3. The van der Waals surface area contributed by atoms with Crippen molar-refractivity contribution in [3.63, 3.8) is 0 Å². The molecule has 17 heavy (non-hydrogen) atoms. The van der Waals surface area contributed by atoms with Crippen LogP contribution in [-0.2, 0) is 9.53 Å². The Morgan fingerprint density at radius 3 is 2.76 bits per heavy atom. The quantitative estimate of drug-likeness (QED) is 0.788. The first-order valence-corrected chi connectivity index (χ1v) is 5.50. The second-order valence-electron chi connectivity index (χ2n) is 4.18. The van der Waals surface area contributed by atoms with Crippen molar-refractivity contribution in [2.75, 3.05) is 33.4 Å². The average molecular weight is 254 g/mol. The fourth-order valence-electron chi connectivity index (χ4n) is 1.71. The van der Waals surface area contributed by atoms with E-state index in [-0.39, 0.29) is 6.04 Å². The van der Waals surface area contributed by atoms with Crippen molar-refractivity contribution in [2.24, 2.45) is 0 Å². The lowest BCUT2D eigenvalue weighted by molar-refractivity contribution is -0.177. The van der Waals surface area contributed by atoms with Gasteiger partial charge in [-0.2, -0.15) is 13.2 Å². The second-order valence-corrected chi connectivity index (χ2v) is 4.18. The van der Waals surface area contributed by atoms with E-state index in [9.17, 15) is 18.0 Å². The van der Waals surface area contributed by atoms with Gasteiger partial charge in [0, 0.05) is 19.6 Å². The molecule has 0 aromatic heterocycles. The number of carbonyl (C=O) groups is 1. The maximum absolute atomic E-state index is 11.8. The van der Waals surface area contributed by atoms with Crippen LogP contribution < -0.4 is 5.32 Å². The van der Waals surface area contributed by atoms with Crippen LogP contribution in [0.15, 0.2) is 0 Å². The fraction of sp³-hybridized carbons (Fsp3) is 0.900. The monoisotopic (exact) mass is 254 g/mol. The van der Waals surface area contributed by atoms with Gasteiger partial charge < -0.3 is 15.0 Å². The van der Waals surface area contributed by atoms with E-state index in [0.717, 1.165) is 19.4 Å². The van der Waals surface area contributed by atoms with Crippen molar-refractivity contribution >= 4 is 5.91 Å². The molecular formula is C10H17F3N2O2. The highest BCUT2D eigenvalue weighted by atomic mass is 19.4. The van der Waals surface area contributed by atoms with Gasteiger partial charge in [-0.3, -0.25) is 4.79 Å². The number of hydrogen-bond acceptors (Lipinski definition) is 3. The number of amides is 1. The van der Waals surface area contributed by atoms with Gasteiger partial charge in [-0.25, -0.2) is 0 Å². The zero-order chi connectivity index (χ0) is 12.9. The summed E-state index contributed by atoms with van der Waals surface area (Å²) in [6.45, 7) is -0.470. The van der Waals surface area contributed by atoms with Crippen LogP contribution in [0.1, 0.15) is 12.8 Å². The van der Waals surface area contributed by atoms with Gasteiger partial charge in [0.25, 0.3) is 0 Å². The topological polar surface area (TPSA) is 41.6 Å². The van der Waals surface area contributed by atoms with Gasteiger partial charge >= 0.3 is 6.18 Å². The number of halogens is 3. The Morgan fingerprint density at radius 1 is 1.53 bits per heavy atom. The number of rotatable bonds is 5. The van der Waals surface area contributed by atoms with Crippen LogP contribution in [-0.4, -0.2) is 56.4 Å². The van der Waals surface area contributed by atoms with Crippen LogP contribution in [0.3, 0.4) is 0 Å². The van der Waals surface area contributed by atoms with Crippen molar-refractivity contribution in [2.45, 2.75) is 25.1 Å². The van der Waals surface area contributed by atoms with E-state index in [1.54, 1.807) is 7.05 Å². The van der Waals surface area contributed by atoms with E-state index in [1.807, 2.05) is 0 Å². The van der Waals surface area contributed by atoms with Gasteiger partial charge in [0.05, 0.1) is 0 Å². The van der Waals surface area contributed by atoms with E-state index < -0.39 is 25.3 Å². The van der Waals surface area contributed by atoms with Crippen molar-refractivity contribution < 1.29 is 22.7 Å². The molecule has 1 unspecified atom stereocenters. The van der Waals surface area contributed by atoms with Crippen LogP contribution in [0.25, 0.3) is 0 Å². The fourth-order valence-corrected chi connectivity index (χ4v) is 1.71. The van der Waals surface area contributed by atoms with E-state index in [0.29, 0.717) is 6.54 Å². The first-order chi connectivity index (χ1) is 7.88. The molecule has 0 spiro atoms. The summed E-state index contributed by atoms with van der Waals surface area (Å²) in [7, 11) is 1.57. The summed E-state index contributed by atoms with van der Waals surface area (Å²) < 4.78 is 39.6. The summed E-state index contributed by atoms with van der Waals surface area (Å²) in [6, 6.07) is 0.242. The minimum Gasteiger partial charge on any atom is -0.362 e. The van der Waals surface area contributed by atoms with Gasteiger partial charge in [0.2, 0.25) is 5.91 Å². The summed E-state index contributed by atoms with van der Waals surface area (Å²) in [6.07, 6.45) is -2.33. The minimum atomic E-state index is -4.38. The third-order valence-corrected chi connectivity index (χ3v) is 2.57. The van der Waals surface area contributed by atoms with Gasteiger partial charge in [-0.1, -0.05) is 0 Å². The lowest BCUT2D eigenvalue weighted by Gasteiger charge is -2.21. The molecule has 0 aromatic rings. The molecular weight excluding hydrogens is 237 g/mol. The molecule has 1 atom stereocenters. The molecule has 100 valence electrons. The summed E-state index contributed by atoms with van der Waals surface area (Å²) in [4.78, 5) is 12.8. The molecule has 1 saturated heterocycles. The number of alkyl halides is 3. The number of nitrogens with zero attached hydrogens (tertiary/aromatic N) is 1. The summed E-state index contributed by atoms with van der Waals surface area (Å²) >= 11 is 0. The van der Waals surface area contributed by atoms with Crippen LogP contribution in [0.2, 0.25) is 0 Å². The molecule has 0 bridgehead atoms. The summed E-state index contributed by atoms with van der Waals surface area (Å²) in [5, 5.41) is 3.21. The second kappa shape index (κ2) is 6.20. The van der Waals surface area contributed by atoms with Gasteiger partial charge in [-0.05, 0) is 19.4 Å². The highest BCUT2D eigenvalue weighted by molar-refractivity contribution is 5.77. The van der Waals surface area contributed by atoms with Crippen molar-refractivity contribution in [1.82, 2.24) is 10.2 Å². The van der Waals surface area contributed by atoms with Gasteiger partial charge in [0.15, 0.2) is 0 Å². The molecule has 0 aliphatic carbocycles. The molecule has 0 radical (unpaired) electrons. The Kier molecular flexibility index (Phi) is 5.20. The zero-order valence-corrected chi connectivity index (χ0v) is 9.72. The first-order valence-electron chi connectivity index (χ1n) is 5.50. The molecule has 4 nitrogen and oxygen atoms in total. The molecule has 7 heteroatoms. The average Bonchev–Trinajstić information content (AvgIpc) is 2.68. The highest BCUT2D eigenvalue weighted by Gasteiger charge is 2.28. The van der Waals surface area contributed by atoms with Crippen LogP contribution in [0.4, 0.5) is 13.2 Å². The molecule has 1 N–H and O–H groups in total. The normalized spacial score (nSPS) is 20.6. The SMILES string of the molecule is CN(CC1CCCN1)C(=O)COCC(F)(F)F. The predicted octanol–water partition coefficient (Wildman–Crippen LogP) is 0.776. The van der Waals surface area contributed by atoms with Gasteiger partial charge in [0.1, 0.15) is 13.2 Å². The Bertz CT molecular complexity index is 252. The van der Waals surface area contributed by atoms with E-state index in [2.05, 4.69) is 10.1 Å². The molecule has 1 aliphatic rings. The summed E-state index contributed by atoms with van der Waals surface area (Å²) in [5.41, 5.74) is 0. The maximum Gasteiger partial charge on any atom is 0.411 e. The Hall–Kier alpha value is -0.820. The molecule has 0 saturated carbocycles. The zero-order valence-electron chi connectivity index (χ0n) is 9.72. The molecule has 0 aromatic carbocycles. The van der Waals surface area contributed by atoms with E-state index in [1.165, 1.54) is 4.90 Å². The van der Waals surface area contributed by atoms with Crippen LogP contribution >= 0.6 is 0 Å². The maximum atomic E-state index is 11.8. The Labute approximate surface area is 98.1 Å². The van der Waals surface area contributed by atoms with Crippen LogP contribution in [0, 0.1) is 0 Å². The summed E-state index contributed by atoms with van der Waals surface area (Å²) in [5.74, 6) is -0.428. The van der Waals surface area contributed by atoms with E-state index in [4.69, 9.17) is 0 Å². The highest BCUT2D eigenvalue weighted by Crippen LogP contribution is 2.14. The van der Waals surface area contributed by atoms with Crippen molar-refractivity contribution in [3.05, 3.63) is 0 Å². The third kappa shape index (κ3) is 5.88. The number of hydrogen-bond donors (Lipinski definition) is 1. The number of ether oxygens (including phenoxy) is 1. The third-order valence-electron chi connectivity index (χ3n) is 2.57. The number of carbonyl (C=O) groups excluding carboxylic acids is 1. The molecule has 1 fully saturated rings. The Balaban J connectivity index is 2.17. The molecule has 1 amide bonds. The van der Waals surface area contributed by atoms with E-state index >= 15 is 0 Å². The first kappa shape index (κ1) is 14.2. The predicted molar refractivity (Wildman–Crippen MR) is 55.5 cm³/mol. The lowest BCUT2D eigenvalue weighted by Crippen LogP contribution is -2.40. The smallest absolute Gasteiger partial charge is 0.362 e. The molecule has 1 heterocycles. The Morgan fingerprint density at radius 2 is 2.24 bits per heavy atom. The van der Waals surface area contributed by atoms with Crippen molar-refractivity contribution in [3.8, 4) is 0 Å². The lowest BCUT2D eigenvalue weighted by atomic mass is 10.2. The minimum absolute atomic E-state index is 0.242.